The Morgan fingerprint density at radius 1 is 1.00 bits per heavy atom. The van der Waals surface area contributed by atoms with Crippen LogP contribution in [0.2, 0.25) is 0 Å². The Bertz CT molecular complexity index is 360. The quantitative estimate of drug-likeness (QED) is 0.444. The van der Waals surface area contributed by atoms with E-state index in [1.807, 2.05) is 0 Å². The van der Waals surface area contributed by atoms with Crippen molar-refractivity contribution in [2.75, 3.05) is 0 Å². The molecule has 4 nitrogen and oxygen atoms in total. The van der Waals surface area contributed by atoms with Crippen LogP contribution in [-0.2, 0) is 0 Å². The molecule has 0 unspecified atom stereocenters. The van der Waals surface area contributed by atoms with Crippen LogP contribution in [0, 0.1) is 0 Å². The zero-order chi connectivity index (χ0) is 7.90. The lowest BCUT2D eigenvalue weighted by Crippen LogP contribution is -2.20. The third-order valence-electron chi connectivity index (χ3n) is 1.42. The van der Waals surface area contributed by atoms with Crippen LogP contribution in [0.25, 0.3) is 0 Å². The largest absolute Gasteiger partial charge is 0.375 e. The van der Waals surface area contributed by atoms with Crippen LogP contribution >= 0.6 is 0 Å². The molecule has 1 aromatic rings. The first-order chi connectivity index (χ1) is 5.17. The number of benzene rings is 1. The van der Waals surface area contributed by atoms with Gasteiger partial charge in [-0.3, -0.25) is 0 Å². The molecular formula is C7H6N2O2. The summed E-state index contributed by atoms with van der Waals surface area (Å²) in [4.78, 5) is 7.06. The molecule has 56 valence electrons. The van der Waals surface area contributed by atoms with Gasteiger partial charge in [0.1, 0.15) is 0 Å². The van der Waals surface area contributed by atoms with Crippen LogP contribution in [0.1, 0.15) is 0 Å². The van der Waals surface area contributed by atoms with E-state index in [-0.39, 0.29) is 0 Å². The summed E-state index contributed by atoms with van der Waals surface area (Å²) >= 11 is 0. The van der Waals surface area contributed by atoms with Crippen molar-refractivity contribution in [2.45, 2.75) is 6.03 Å². The third-order valence-corrected chi connectivity index (χ3v) is 1.42. The van der Waals surface area contributed by atoms with Gasteiger partial charge in [0.2, 0.25) is 0 Å². The number of hydrogen-bond donors (Lipinski definition) is 2. The van der Waals surface area contributed by atoms with Gasteiger partial charge in [-0.1, -0.05) is 12.1 Å². The summed E-state index contributed by atoms with van der Waals surface area (Å²) in [5, 5.41) is 18.9. The molecule has 0 saturated carbocycles. The number of hydrogen-bond acceptors (Lipinski definition) is 4. The molecule has 1 aromatic carbocycles. The maximum Gasteiger partial charge on any atom is 0.375 e. The molecule has 0 radical (unpaired) electrons. The first kappa shape index (κ1) is 6.45. The minimum Gasteiger partial charge on any atom is -0.328 e. The van der Waals surface area contributed by atoms with Crippen LogP contribution in [0.4, 0.5) is 0 Å². The minimum atomic E-state index is -2.25. The maximum atomic E-state index is 8.94. The van der Waals surface area contributed by atoms with E-state index in [9.17, 15) is 0 Å². The van der Waals surface area contributed by atoms with Gasteiger partial charge in [-0.2, -0.15) is 0 Å². The lowest BCUT2D eigenvalue weighted by Gasteiger charge is -2.03. The second-order valence-electron chi connectivity index (χ2n) is 2.31. The second kappa shape index (κ2) is 1.87. The Morgan fingerprint density at radius 2 is 1.45 bits per heavy atom. The number of rotatable bonds is 0. The van der Waals surface area contributed by atoms with Crippen molar-refractivity contribution in [3.05, 3.63) is 35.0 Å². The number of aliphatic hydroxyl groups is 2. The summed E-state index contributed by atoms with van der Waals surface area (Å²) in [5.74, 6) is 0. The van der Waals surface area contributed by atoms with Gasteiger partial charge in [0.25, 0.3) is 0 Å². The van der Waals surface area contributed by atoms with Gasteiger partial charge >= 0.3 is 6.03 Å². The predicted molar refractivity (Wildman–Crippen MR) is 35.9 cm³/mol. The number of para-hydroxylation sites is 2. The predicted octanol–water partition coefficient (Wildman–Crippen LogP) is -1.46. The van der Waals surface area contributed by atoms with Crippen LogP contribution in [-0.4, -0.2) is 16.2 Å². The summed E-state index contributed by atoms with van der Waals surface area (Å²) in [6.07, 6.45) is 0. The third kappa shape index (κ3) is 1.02. The average Bonchev–Trinajstić information content (AvgIpc) is 2.21. The van der Waals surface area contributed by atoms with Crippen molar-refractivity contribution in [2.24, 2.45) is 9.98 Å². The molecule has 1 aliphatic heterocycles. The molecule has 1 heterocycles. The molecule has 0 atom stereocenters. The van der Waals surface area contributed by atoms with Crippen LogP contribution < -0.4 is 10.7 Å². The fourth-order valence-electron chi connectivity index (χ4n) is 1.00. The molecule has 0 aromatic heterocycles. The van der Waals surface area contributed by atoms with E-state index in [1.54, 1.807) is 24.3 Å². The molecule has 2 N–H and O–H groups in total. The van der Waals surface area contributed by atoms with Crippen molar-refractivity contribution < 1.29 is 10.2 Å². The van der Waals surface area contributed by atoms with E-state index in [0.29, 0.717) is 10.7 Å². The topological polar surface area (TPSA) is 65.2 Å². The van der Waals surface area contributed by atoms with Gasteiger partial charge in [0.15, 0.2) is 0 Å². The summed E-state index contributed by atoms with van der Waals surface area (Å²) in [7, 11) is 0. The highest BCUT2D eigenvalue weighted by atomic mass is 16.5. The summed E-state index contributed by atoms with van der Waals surface area (Å²) in [5.41, 5.74) is 0. The Morgan fingerprint density at radius 3 is 1.91 bits per heavy atom. The molecule has 0 bridgehead atoms. The summed E-state index contributed by atoms with van der Waals surface area (Å²) < 4.78 is 0. The Hall–Kier alpha value is -1.26. The van der Waals surface area contributed by atoms with E-state index < -0.39 is 6.03 Å². The highest BCUT2D eigenvalue weighted by molar-refractivity contribution is 5.03. The molecule has 0 spiro atoms. The Kier molecular flexibility index (Phi) is 1.10. The number of nitrogens with zero attached hydrogens (tertiary/aromatic N) is 2. The summed E-state index contributed by atoms with van der Waals surface area (Å²) in [6, 6.07) is 4.63. The van der Waals surface area contributed by atoms with Crippen molar-refractivity contribution in [1.82, 2.24) is 0 Å². The van der Waals surface area contributed by atoms with Crippen LogP contribution in [0.15, 0.2) is 34.3 Å². The molecule has 4 heteroatoms. The Labute approximate surface area is 62.2 Å². The Balaban J connectivity index is 2.81. The van der Waals surface area contributed by atoms with Gasteiger partial charge < -0.3 is 10.2 Å². The fourth-order valence-corrected chi connectivity index (χ4v) is 1.00. The van der Waals surface area contributed by atoms with E-state index in [1.165, 1.54) is 0 Å². The smallest absolute Gasteiger partial charge is 0.328 e. The lowest BCUT2D eigenvalue weighted by atomic mass is 10.3. The highest BCUT2D eigenvalue weighted by Gasteiger charge is 2.22. The average molecular weight is 150 g/mol. The maximum absolute atomic E-state index is 8.94. The molecule has 0 saturated heterocycles. The molecule has 0 aliphatic carbocycles. The van der Waals surface area contributed by atoms with E-state index in [0.717, 1.165) is 0 Å². The van der Waals surface area contributed by atoms with Gasteiger partial charge in [0.05, 0.1) is 10.7 Å². The monoisotopic (exact) mass is 150 g/mol. The van der Waals surface area contributed by atoms with Crippen molar-refractivity contribution in [3.63, 3.8) is 0 Å². The van der Waals surface area contributed by atoms with Gasteiger partial charge in [-0.15, -0.1) is 0 Å². The zero-order valence-electron chi connectivity index (χ0n) is 5.60. The molecule has 1 aliphatic rings. The lowest BCUT2D eigenvalue weighted by molar-refractivity contribution is -0.145. The van der Waals surface area contributed by atoms with Crippen molar-refractivity contribution in [3.8, 4) is 0 Å². The van der Waals surface area contributed by atoms with E-state index in [4.69, 9.17) is 10.2 Å². The van der Waals surface area contributed by atoms with E-state index >= 15 is 0 Å². The standard InChI is InChI=1S/C7H6N2O2/c10-7(11)8-5-3-1-2-4-6(5)9-7/h1-4,10-11H. The van der Waals surface area contributed by atoms with Crippen molar-refractivity contribution >= 4 is 0 Å². The number of fused-ring (bicyclic) bond motifs is 1. The minimum absolute atomic E-state index is 0.512. The van der Waals surface area contributed by atoms with Gasteiger partial charge in [-0.05, 0) is 12.1 Å². The summed E-state index contributed by atoms with van der Waals surface area (Å²) in [6.45, 7) is 0. The molecule has 2 rings (SSSR count). The molecule has 0 amide bonds. The highest BCUT2D eigenvalue weighted by Crippen LogP contribution is 2.02. The fraction of sp³-hybridized carbons (Fsp3) is 0.143. The van der Waals surface area contributed by atoms with Crippen LogP contribution in [0.5, 0.6) is 0 Å². The molecule has 11 heavy (non-hydrogen) atoms. The second-order valence-corrected chi connectivity index (χ2v) is 2.31. The van der Waals surface area contributed by atoms with E-state index in [2.05, 4.69) is 9.98 Å². The first-order valence-electron chi connectivity index (χ1n) is 3.17. The normalized spacial score (nSPS) is 18.4. The molecule has 0 fully saturated rings. The van der Waals surface area contributed by atoms with Gasteiger partial charge in [-0.25, -0.2) is 9.98 Å². The SMILES string of the molecule is OC1(O)N=c2ccccc2=N1. The van der Waals surface area contributed by atoms with Gasteiger partial charge in [0, 0.05) is 0 Å². The first-order valence-corrected chi connectivity index (χ1v) is 3.17. The molecular weight excluding hydrogens is 144 g/mol. The van der Waals surface area contributed by atoms with Crippen LogP contribution in [0.3, 0.4) is 0 Å². The zero-order valence-corrected chi connectivity index (χ0v) is 5.60. The van der Waals surface area contributed by atoms with Crippen molar-refractivity contribution in [1.29, 1.82) is 0 Å².